The van der Waals surface area contributed by atoms with Crippen LogP contribution in [0.4, 0.5) is 0 Å². The van der Waals surface area contributed by atoms with E-state index in [0.29, 0.717) is 12.8 Å². The zero-order valence-corrected chi connectivity index (χ0v) is 51.5. The van der Waals surface area contributed by atoms with Gasteiger partial charge in [-0.2, -0.15) is 0 Å². The Morgan fingerprint density at radius 1 is 0.397 bits per heavy atom. The van der Waals surface area contributed by atoms with Crippen molar-refractivity contribution in [2.24, 2.45) is 5.73 Å². The number of carbonyl (C=O) groups is 2. The fourth-order valence-corrected chi connectivity index (χ4v) is 9.99. The van der Waals surface area contributed by atoms with E-state index in [1.54, 1.807) is 0 Å². The van der Waals surface area contributed by atoms with E-state index in [2.05, 4.69) is 98.9 Å². The van der Waals surface area contributed by atoms with Crippen molar-refractivity contribution in [2.75, 3.05) is 26.4 Å². The van der Waals surface area contributed by atoms with Crippen LogP contribution in [0.3, 0.4) is 0 Å². The molecule has 0 heterocycles. The van der Waals surface area contributed by atoms with Gasteiger partial charge in [0.05, 0.1) is 13.2 Å². The molecule has 0 aromatic carbocycles. The number of phosphoric ester groups is 1. The van der Waals surface area contributed by atoms with Gasteiger partial charge in [-0.1, -0.05) is 285 Å². The van der Waals surface area contributed by atoms with Crippen LogP contribution in [0, 0.1) is 0 Å². The molecule has 3 N–H and O–H groups in total. The molecule has 452 valence electrons. The van der Waals surface area contributed by atoms with E-state index in [9.17, 15) is 19.0 Å². The molecule has 0 bridgehead atoms. The van der Waals surface area contributed by atoms with Gasteiger partial charge in [0, 0.05) is 19.4 Å². The van der Waals surface area contributed by atoms with E-state index < -0.39 is 32.5 Å². The predicted molar refractivity (Wildman–Crippen MR) is 335 cm³/mol. The average Bonchev–Trinajstić information content (AvgIpc) is 3.43. The van der Waals surface area contributed by atoms with Crippen LogP contribution >= 0.6 is 7.82 Å². The lowest BCUT2D eigenvalue weighted by molar-refractivity contribution is -0.161. The molecule has 0 radical (unpaired) electrons. The Labute approximate surface area is 481 Å². The van der Waals surface area contributed by atoms with Crippen molar-refractivity contribution >= 4 is 19.8 Å². The van der Waals surface area contributed by atoms with E-state index in [1.807, 2.05) is 0 Å². The predicted octanol–water partition coefficient (Wildman–Crippen LogP) is 21.0. The minimum Gasteiger partial charge on any atom is -0.462 e. The molecule has 0 rings (SSSR count). The molecule has 0 fully saturated rings. The summed E-state index contributed by atoms with van der Waals surface area (Å²) in [6.07, 6.45) is 84.0. The molecule has 0 aliphatic carbocycles. The molecular formula is C68H122NO8P. The summed E-state index contributed by atoms with van der Waals surface area (Å²) in [5.41, 5.74) is 5.38. The third-order valence-corrected chi connectivity index (χ3v) is 15.0. The van der Waals surface area contributed by atoms with E-state index >= 15 is 0 Å². The number of allylic oxidation sites excluding steroid dienone is 14. The number of unbranched alkanes of at least 4 members (excludes halogenated alkanes) is 34. The molecule has 78 heavy (non-hydrogen) atoms. The second kappa shape index (κ2) is 63.4. The summed E-state index contributed by atoms with van der Waals surface area (Å²) in [7, 11) is -4.39. The van der Waals surface area contributed by atoms with Gasteiger partial charge < -0.3 is 20.1 Å². The zero-order valence-electron chi connectivity index (χ0n) is 50.6. The van der Waals surface area contributed by atoms with Crippen molar-refractivity contribution in [3.05, 3.63) is 85.1 Å². The van der Waals surface area contributed by atoms with Gasteiger partial charge in [0.25, 0.3) is 0 Å². The smallest absolute Gasteiger partial charge is 0.462 e. The highest BCUT2D eigenvalue weighted by Crippen LogP contribution is 2.43. The fraction of sp³-hybridized carbons (Fsp3) is 0.765. The molecule has 0 aromatic heterocycles. The van der Waals surface area contributed by atoms with Crippen LogP contribution in [0.5, 0.6) is 0 Å². The van der Waals surface area contributed by atoms with Gasteiger partial charge in [0.1, 0.15) is 6.61 Å². The van der Waals surface area contributed by atoms with E-state index in [0.717, 1.165) is 83.5 Å². The van der Waals surface area contributed by atoms with Crippen molar-refractivity contribution in [3.8, 4) is 0 Å². The minimum atomic E-state index is -4.39. The van der Waals surface area contributed by atoms with Crippen LogP contribution in [0.25, 0.3) is 0 Å². The van der Waals surface area contributed by atoms with Crippen molar-refractivity contribution in [1.29, 1.82) is 0 Å². The van der Waals surface area contributed by atoms with E-state index in [4.69, 9.17) is 24.3 Å². The van der Waals surface area contributed by atoms with Gasteiger partial charge in [0.15, 0.2) is 6.10 Å². The summed E-state index contributed by atoms with van der Waals surface area (Å²) in [5.74, 6) is -0.834. The SMILES string of the molecule is CC/C=C\C/C=C\C/C=C\C/C=C\C/C=C\CCCCCCCCCCCCCCCCCCCCCCCCCCCC(=O)OC(COC(=O)CCCCCCC/C=C\C/C=C\CCCCCC)COP(=O)(O)OCCN. The maximum atomic E-state index is 12.7. The number of hydrogen-bond acceptors (Lipinski definition) is 8. The minimum absolute atomic E-state index is 0.0508. The molecule has 0 amide bonds. The first-order valence-corrected chi connectivity index (χ1v) is 34.1. The lowest BCUT2D eigenvalue weighted by Crippen LogP contribution is -2.29. The number of hydrogen-bond donors (Lipinski definition) is 2. The maximum Gasteiger partial charge on any atom is 0.472 e. The van der Waals surface area contributed by atoms with Gasteiger partial charge >= 0.3 is 19.8 Å². The molecule has 0 aliphatic rings. The molecule has 2 unspecified atom stereocenters. The van der Waals surface area contributed by atoms with Crippen molar-refractivity contribution < 1.29 is 37.6 Å². The Balaban J connectivity index is 3.77. The Morgan fingerprint density at radius 3 is 1.05 bits per heavy atom. The lowest BCUT2D eigenvalue weighted by Gasteiger charge is -2.19. The lowest BCUT2D eigenvalue weighted by atomic mass is 10.0. The second-order valence-electron chi connectivity index (χ2n) is 21.6. The summed E-state index contributed by atoms with van der Waals surface area (Å²) in [6.45, 7) is 3.62. The third-order valence-electron chi connectivity index (χ3n) is 14.0. The molecule has 0 aromatic rings. The Hall–Kier alpha value is -2.81. The van der Waals surface area contributed by atoms with Gasteiger partial charge in [-0.05, 0) is 89.9 Å². The third kappa shape index (κ3) is 62.4. The molecule has 9 nitrogen and oxygen atoms in total. The van der Waals surface area contributed by atoms with Gasteiger partial charge in [-0.15, -0.1) is 0 Å². The monoisotopic (exact) mass is 1110 g/mol. The first-order chi connectivity index (χ1) is 38.3. The van der Waals surface area contributed by atoms with Crippen LogP contribution in [-0.4, -0.2) is 49.3 Å². The largest absolute Gasteiger partial charge is 0.472 e. The Morgan fingerprint density at radius 2 is 0.705 bits per heavy atom. The first-order valence-electron chi connectivity index (χ1n) is 32.6. The molecule has 0 aliphatic heterocycles. The topological polar surface area (TPSA) is 134 Å². The van der Waals surface area contributed by atoms with E-state index in [-0.39, 0.29) is 32.6 Å². The number of nitrogens with two attached hydrogens (primary N) is 1. The van der Waals surface area contributed by atoms with Gasteiger partial charge in [-0.3, -0.25) is 18.6 Å². The van der Waals surface area contributed by atoms with Crippen LogP contribution < -0.4 is 5.73 Å². The van der Waals surface area contributed by atoms with Crippen molar-refractivity contribution in [2.45, 2.75) is 309 Å². The summed E-state index contributed by atoms with van der Waals surface area (Å²) in [4.78, 5) is 35.2. The summed E-state index contributed by atoms with van der Waals surface area (Å²) < 4.78 is 33.0. The van der Waals surface area contributed by atoms with Crippen LogP contribution in [0.2, 0.25) is 0 Å². The average molecular weight is 1110 g/mol. The van der Waals surface area contributed by atoms with Crippen molar-refractivity contribution in [1.82, 2.24) is 0 Å². The molecule has 0 saturated carbocycles. The van der Waals surface area contributed by atoms with Crippen LogP contribution in [0.1, 0.15) is 303 Å². The van der Waals surface area contributed by atoms with Crippen LogP contribution in [-0.2, 0) is 32.7 Å². The highest BCUT2D eigenvalue weighted by molar-refractivity contribution is 7.47. The molecule has 0 spiro atoms. The van der Waals surface area contributed by atoms with Gasteiger partial charge in [0.2, 0.25) is 0 Å². The van der Waals surface area contributed by atoms with E-state index in [1.165, 1.54) is 180 Å². The number of carbonyl (C=O) groups excluding carboxylic acids is 2. The number of esters is 2. The Bertz CT molecular complexity index is 1550. The number of rotatable bonds is 61. The molecular weight excluding hydrogens is 990 g/mol. The Kier molecular flexibility index (Phi) is 61.1. The highest BCUT2D eigenvalue weighted by Gasteiger charge is 2.26. The normalized spacial score (nSPS) is 13.5. The number of ether oxygens (including phenoxy) is 2. The fourth-order valence-electron chi connectivity index (χ4n) is 9.23. The highest BCUT2D eigenvalue weighted by atomic mass is 31.2. The molecule has 10 heteroatoms. The second-order valence-corrected chi connectivity index (χ2v) is 23.1. The van der Waals surface area contributed by atoms with Gasteiger partial charge in [-0.25, -0.2) is 4.57 Å². The first kappa shape index (κ1) is 75.2. The summed E-state index contributed by atoms with van der Waals surface area (Å²) in [6, 6.07) is 0. The number of phosphoric acid groups is 1. The van der Waals surface area contributed by atoms with Crippen LogP contribution in [0.15, 0.2) is 85.1 Å². The van der Waals surface area contributed by atoms with Crippen molar-refractivity contribution in [3.63, 3.8) is 0 Å². The summed E-state index contributed by atoms with van der Waals surface area (Å²) in [5, 5.41) is 0. The standard InChI is InChI=1S/C68H122NO8P/c1-3-5-7-9-11-13-15-17-19-21-22-23-24-25-26-27-28-29-30-31-32-33-34-35-36-37-38-39-40-41-42-43-44-45-47-49-51-53-55-57-59-61-68(71)77-66(65-76-78(72,73)75-63-62-69)64-74-67(70)60-58-56-54-52-50-48-46-20-18-16-14-12-10-8-6-4-2/h5,7,11,13-14,16-17,19-20,22-23,25-26,46,66H,3-4,6,8-10,12,15,18,21,24,27-45,47-65,69H2,1-2H3,(H,72,73)/b7-5-,13-11-,16-14-,19-17-,23-22-,26-25-,46-20-. The zero-order chi connectivity index (χ0) is 56.6. The molecule has 2 atom stereocenters. The maximum absolute atomic E-state index is 12.7. The molecule has 0 saturated heterocycles. The quantitative estimate of drug-likeness (QED) is 0.0264. The summed E-state index contributed by atoms with van der Waals surface area (Å²) >= 11 is 0.